The van der Waals surface area contributed by atoms with E-state index >= 15 is 0 Å². The van der Waals surface area contributed by atoms with Crippen LogP contribution in [0.1, 0.15) is 22.3 Å². The Bertz CT molecular complexity index is 515. The lowest BCUT2D eigenvalue weighted by Crippen LogP contribution is -1.96. The highest BCUT2D eigenvalue weighted by molar-refractivity contribution is 5.69. The molecule has 0 radical (unpaired) electrons. The molecule has 0 aromatic heterocycles. The minimum Gasteiger partial charge on any atom is -0.0736 e. The van der Waals surface area contributed by atoms with E-state index in [1.165, 1.54) is 27.8 Å². The third-order valence-electron chi connectivity index (χ3n) is 3.70. The van der Waals surface area contributed by atoms with Crippen molar-refractivity contribution in [3.8, 4) is 0 Å². The summed E-state index contributed by atoms with van der Waals surface area (Å²) in [5, 5.41) is 0. The van der Waals surface area contributed by atoms with Gasteiger partial charge in [-0.05, 0) is 42.5 Å². The zero-order chi connectivity index (χ0) is 11.1. The topological polar surface area (TPSA) is 0 Å². The molecule has 0 amide bonds. The molecule has 0 heterocycles. The van der Waals surface area contributed by atoms with Crippen molar-refractivity contribution in [2.45, 2.75) is 20.3 Å². The van der Waals surface area contributed by atoms with Gasteiger partial charge in [0.1, 0.15) is 0 Å². The van der Waals surface area contributed by atoms with Crippen LogP contribution in [-0.2, 0) is 6.42 Å². The zero-order valence-electron chi connectivity index (χ0n) is 9.83. The van der Waals surface area contributed by atoms with Gasteiger partial charge in [-0.3, -0.25) is 0 Å². The second kappa shape index (κ2) is 3.48. The van der Waals surface area contributed by atoms with Gasteiger partial charge in [0.2, 0.25) is 0 Å². The van der Waals surface area contributed by atoms with Crippen molar-refractivity contribution in [1.29, 1.82) is 0 Å². The van der Waals surface area contributed by atoms with Crippen molar-refractivity contribution in [1.82, 2.24) is 0 Å². The van der Waals surface area contributed by atoms with Crippen LogP contribution in [0, 0.1) is 19.8 Å². The van der Waals surface area contributed by atoms with E-state index in [2.05, 4.69) is 56.4 Å². The van der Waals surface area contributed by atoms with E-state index in [0.717, 1.165) is 6.42 Å². The molecule has 0 saturated heterocycles. The summed E-state index contributed by atoms with van der Waals surface area (Å²) in [5.74, 6) is 0.534. The standard InChI is InChI=1S/C16H16/c1-11-7-8-12(2)16-10-14(9-15(11)16)13-5-3-4-6-13/h3-9,13H,10H2,1-2H3. The Balaban J connectivity index is 2.03. The molecular formula is C16H16. The molecular weight excluding hydrogens is 192 g/mol. The first-order chi connectivity index (χ1) is 7.75. The average Bonchev–Trinajstić information content (AvgIpc) is 2.90. The molecule has 2 aliphatic rings. The molecule has 0 aliphatic heterocycles. The second-order valence-corrected chi connectivity index (χ2v) is 4.78. The molecule has 80 valence electrons. The van der Waals surface area contributed by atoms with Gasteiger partial charge in [0.05, 0.1) is 0 Å². The van der Waals surface area contributed by atoms with Gasteiger partial charge in [0.25, 0.3) is 0 Å². The highest BCUT2D eigenvalue weighted by Gasteiger charge is 2.20. The molecule has 0 fully saturated rings. The number of hydrogen-bond donors (Lipinski definition) is 0. The normalized spacial score (nSPS) is 18.0. The molecule has 0 nitrogen and oxygen atoms in total. The first-order valence-electron chi connectivity index (χ1n) is 5.90. The van der Waals surface area contributed by atoms with Gasteiger partial charge in [-0.2, -0.15) is 0 Å². The third kappa shape index (κ3) is 1.37. The molecule has 2 aliphatic carbocycles. The van der Waals surface area contributed by atoms with Crippen LogP contribution in [0.2, 0.25) is 0 Å². The van der Waals surface area contributed by atoms with E-state index in [0.29, 0.717) is 5.92 Å². The Morgan fingerprint density at radius 2 is 1.69 bits per heavy atom. The van der Waals surface area contributed by atoms with Crippen LogP contribution in [-0.4, -0.2) is 0 Å². The summed E-state index contributed by atoms with van der Waals surface area (Å²) in [5.41, 5.74) is 7.36. The minimum absolute atomic E-state index is 0.534. The fourth-order valence-corrected chi connectivity index (χ4v) is 2.66. The first-order valence-corrected chi connectivity index (χ1v) is 5.90. The molecule has 0 unspecified atom stereocenters. The third-order valence-corrected chi connectivity index (χ3v) is 3.70. The Hall–Kier alpha value is -1.56. The molecule has 3 rings (SSSR count). The summed E-state index contributed by atoms with van der Waals surface area (Å²) in [6.45, 7) is 4.42. The molecule has 0 atom stereocenters. The number of fused-ring (bicyclic) bond motifs is 1. The Labute approximate surface area is 97.0 Å². The van der Waals surface area contributed by atoms with Crippen LogP contribution >= 0.6 is 0 Å². The average molecular weight is 208 g/mol. The van der Waals surface area contributed by atoms with Gasteiger partial charge in [-0.25, -0.2) is 0 Å². The van der Waals surface area contributed by atoms with E-state index < -0.39 is 0 Å². The van der Waals surface area contributed by atoms with Gasteiger partial charge in [-0.1, -0.05) is 48.1 Å². The summed E-state index contributed by atoms with van der Waals surface area (Å²) in [4.78, 5) is 0. The van der Waals surface area contributed by atoms with E-state index in [1.807, 2.05) is 0 Å². The number of rotatable bonds is 1. The van der Waals surface area contributed by atoms with E-state index in [4.69, 9.17) is 0 Å². The minimum atomic E-state index is 0.534. The predicted molar refractivity (Wildman–Crippen MR) is 69.4 cm³/mol. The monoisotopic (exact) mass is 208 g/mol. The van der Waals surface area contributed by atoms with E-state index in [9.17, 15) is 0 Å². The van der Waals surface area contributed by atoms with Crippen LogP contribution < -0.4 is 0 Å². The van der Waals surface area contributed by atoms with Crippen LogP contribution in [0.15, 0.2) is 42.0 Å². The maximum absolute atomic E-state index is 2.39. The van der Waals surface area contributed by atoms with Gasteiger partial charge in [0, 0.05) is 5.92 Å². The maximum Gasteiger partial charge on any atom is 0.0170 e. The van der Waals surface area contributed by atoms with Gasteiger partial charge in [-0.15, -0.1) is 0 Å². The summed E-state index contributed by atoms with van der Waals surface area (Å²) in [6.07, 6.45) is 12.4. The fourth-order valence-electron chi connectivity index (χ4n) is 2.66. The highest BCUT2D eigenvalue weighted by Crippen LogP contribution is 2.35. The lowest BCUT2D eigenvalue weighted by molar-refractivity contribution is 0.940. The van der Waals surface area contributed by atoms with Crippen LogP contribution in [0.4, 0.5) is 0 Å². The number of allylic oxidation sites excluding steroid dienone is 5. The van der Waals surface area contributed by atoms with E-state index in [1.54, 1.807) is 0 Å². The van der Waals surface area contributed by atoms with Crippen molar-refractivity contribution in [2.24, 2.45) is 5.92 Å². The smallest absolute Gasteiger partial charge is 0.0170 e. The summed E-state index contributed by atoms with van der Waals surface area (Å²) >= 11 is 0. The number of hydrogen-bond acceptors (Lipinski definition) is 0. The van der Waals surface area contributed by atoms with Gasteiger partial charge >= 0.3 is 0 Å². The molecule has 0 spiro atoms. The van der Waals surface area contributed by atoms with Crippen LogP contribution in [0.3, 0.4) is 0 Å². The molecule has 16 heavy (non-hydrogen) atoms. The fraction of sp³-hybridized carbons (Fsp3) is 0.250. The van der Waals surface area contributed by atoms with Crippen molar-refractivity contribution < 1.29 is 0 Å². The Morgan fingerprint density at radius 1 is 1.00 bits per heavy atom. The lowest BCUT2D eigenvalue weighted by Gasteiger charge is -2.08. The molecule has 0 saturated carbocycles. The van der Waals surface area contributed by atoms with Crippen LogP contribution in [0.5, 0.6) is 0 Å². The molecule has 0 heteroatoms. The zero-order valence-corrected chi connectivity index (χ0v) is 9.83. The largest absolute Gasteiger partial charge is 0.0736 e. The van der Waals surface area contributed by atoms with E-state index in [-0.39, 0.29) is 0 Å². The van der Waals surface area contributed by atoms with Crippen molar-refractivity contribution in [2.75, 3.05) is 0 Å². The summed E-state index contributed by atoms with van der Waals surface area (Å²) < 4.78 is 0. The second-order valence-electron chi connectivity index (χ2n) is 4.78. The van der Waals surface area contributed by atoms with Crippen molar-refractivity contribution >= 4 is 6.08 Å². The molecule has 0 bridgehead atoms. The summed E-state index contributed by atoms with van der Waals surface area (Å²) in [7, 11) is 0. The number of aryl methyl sites for hydroxylation is 2. The quantitative estimate of drug-likeness (QED) is 0.654. The first kappa shape index (κ1) is 9.65. The molecule has 0 N–H and O–H groups in total. The van der Waals surface area contributed by atoms with Crippen molar-refractivity contribution in [3.05, 3.63) is 64.3 Å². The van der Waals surface area contributed by atoms with Gasteiger partial charge < -0.3 is 0 Å². The maximum atomic E-state index is 2.39. The van der Waals surface area contributed by atoms with Crippen molar-refractivity contribution in [3.63, 3.8) is 0 Å². The Kier molecular flexibility index (Phi) is 2.10. The number of benzene rings is 1. The SMILES string of the molecule is Cc1ccc(C)c2c1C=C(C1C=CC=C1)C2. The van der Waals surface area contributed by atoms with Gasteiger partial charge in [0.15, 0.2) is 0 Å². The predicted octanol–water partition coefficient (Wildman–Crippen LogP) is 3.99. The summed E-state index contributed by atoms with van der Waals surface area (Å²) in [6, 6.07) is 4.47. The lowest BCUT2D eigenvalue weighted by atomic mass is 9.96. The highest BCUT2D eigenvalue weighted by atomic mass is 14.2. The molecule has 1 aromatic carbocycles. The van der Waals surface area contributed by atoms with Crippen LogP contribution in [0.25, 0.3) is 6.08 Å². The Morgan fingerprint density at radius 3 is 2.38 bits per heavy atom. The molecule has 1 aromatic rings.